The lowest BCUT2D eigenvalue weighted by Gasteiger charge is -2.27. The van der Waals surface area contributed by atoms with Crippen molar-refractivity contribution in [3.63, 3.8) is 0 Å². The summed E-state index contributed by atoms with van der Waals surface area (Å²) >= 11 is 0. The largest absolute Gasteiger partial charge is 0.472 e. The van der Waals surface area contributed by atoms with E-state index in [4.69, 9.17) is 13.8 Å². The number of carbonyl (C=O) groups is 2. The van der Waals surface area contributed by atoms with E-state index in [0.717, 1.165) is 77.0 Å². The number of unbranched alkanes of at least 4 members (excludes halogenated alkanes) is 44. The summed E-state index contributed by atoms with van der Waals surface area (Å²) in [4.78, 5) is 38.0. The second-order valence-corrected chi connectivity index (χ2v) is 28.6. The van der Waals surface area contributed by atoms with Crippen molar-refractivity contribution in [1.29, 1.82) is 0 Å². The highest BCUT2D eigenvalue weighted by Gasteiger charge is 2.30. The zero-order valence-corrected chi connectivity index (χ0v) is 60.6. The van der Waals surface area contributed by atoms with Crippen LogP contribution in [0.1, 0.15) is 367 Å². The molecule has 2 N–H and O–H groups in total. The van der Waals surface area contributed by atoms with Crippen molar-refractivity contribution in [2.24, 2.45) is 0 Å². The quantitative estimate of drug-likeness (QED) is 0.0205. The molecular formula is C79H148N2O7P+. The zero-order valence-electron chi connectivity index (χ0n) is 59.7. The average molecular weight is 1270 g/mol. The number of nitrogens with one attached hydrogen (secondary N) is 1. The molecule has 0 aliphatic carbocycles. The van der Waals surface area contributed by atoms with E-state index in [1.807, 2.05) is 33.3 Å². The fourth-order valence-corrected chi connectivity index (χ4v) is 12.0. The predicted molar refractivity (Wildman–Crippen MR) is 388 cm³/mol. The van der Waals surface area contributed by atoms with Crippen molar-refractivity contribution in [1.82, 2.24) is 5.32 Å². The van der Waals surface area contributed by atoms with Gasteiger partial charge in [0.15, 0.2) is 0 Å². The Morgan fingerprint density at radius 2 is 0.685 bits per heavy atom. The van der Waals surface area contributed by atoms with E-state index < -0.39 is 20.0 Å². The van der Waals surface area contributed by atoms with Crippen molar-refractivity contribution in [2.75, 3.05) is 40.9 Å². The molecule has 0 saturated heterocycles. The monoisotopic (exact) mass is 1270 g/mol. The Hall–Kier alpha value is -2.55. The molecule has 0 rings (SSSR count). The second-order valence-electron chi connectivity index (χ2n) is 27.2. The van der Waals surface area contributed by atoms with Crippen molar-refractivity contribution in [2.45, 2.75) is 380 Å². The summed E-state index contributed by atoms with van der Waals surface area (Å²) in [7, 11) is 1.50. The van der Waals surface area contributed by atoms with Gasteiger partial charge >= 0.3 is 13.8 Å². The molecule has 0 aliphatic heterocycles. The first-order valence-corrected chi connectivity index (χ1v) is 39.8. The molecule has 520 valence electrons. The van der Waals surface area contributed by atoms with Crippen molar-refractivity contribution in [3.8, 4) is 0 Å². The van der Waals surface area contributed by atoms with Crippen LogP contribution in [0.3, 0.4) is 0 Å². The molecule has 9 nitrogen and oxygen atoms in total. The summed E-state index contributed by atoms with van der Waals surface area (Å²) in [5.41, 5.74) is 0. The molecule has 0 aromatic rings. The molecule has 0 radical (unpaired) electrons. The number of quaternary nitrogens is 1. The summed E-state index contributed by atoms with van der Waals surface area (Å²) in [5, 5.41) is 3.08. The summed E-state index contributed by atoms with van der Waals surface area (Å²) in [6, 6.07) is -0.851. The number of likely N-dealkylation sites (N-methyl/N-ethyl adjacent to an activating group) is 1. The highest BCUT2D eigenvalue weighted by Crippen LogP contribution is 2.43. The van der Waals surface area contributed by atoms with E-state index in [2.05, 4.69) is 86.8 Å². The number of amides is 1. The smallest absolute Gasteiger partial charge is 0.456 e. The van der Waals surface area contributed by atoms with Crippen LogP contribution in [0.15, 0.2) is 72.9 Å². The molecule has 0 spiro atoms. The first-order chi connectivity index (χ1) is 43.4. The number of ether oxygens (including phenoxy) is 1. The average Bonchev–Trinajstić information content (AvgIpc) is 3.64. The molecule has 0 saturated carbocycles. The van der Waals surface area contributed by atoms with Crippen molar-refractivity contribution >= 4 is 19.7 Å². The van der Waals surface area contributed by atoms with E-state index in [0.29, 0.717) is 17.4 Å². The Labute approximate surface area is 553 Å². The number of rotatable bonds is 70. The number of nitrogens with zero attached hydrogens (tertiary/aromatic N) is 1. The first kappa shape index (κ1) is 86.5. The maximum Gasteiger partial charge on any atom is 0.472 e. The predicted octanol–water partition coefficient (Wildman–Crippen LogP) is 24.7. The molecule has 89 heavy (non-hydrogen) atoms. The number of esters is 1. The topological polar surface area (TPSA) is 111 Å². The maximum absolute atomic E-state index is 13.6. The molecule has 0 aromatic carbocycles. The van der Waals surface area contributed by atoms with Gasteiger partial charge in [-0.2, -0.15) is 0 Å². The summed E-state index contributed by atoms with van der Waals surface area (Å²) in [6.07, 6.45) is 90.7. The third kappa shape index (κ3) is 69.6. The molecule has 0 heterocycles. The standard InChI is InChI=1S/C79H147N2O7P/c1-7-10-13-16-19-22-25-27-29-31-33-35-37-39-40-42-43-45-47-49-51-53-56-59-62-65-68-71-78(82)80-76(75-87-89(84,85)86-74-73-81(4,5)6)77(70-67-64-61-58-55-24-21-18-15-12-9-3)88-79(83)72-69-66-63-60-57-54-52-50-48-46-44-41-38-36-34-32-30-28-26-23-20-17-14-11-8-2/h19-20,22-23,27-30,34,36,67,70,76-77H,7-18,21,24-26,31-33,35,37-66,68-69,71-75H2,1-6H3,(H-,80,82,84,85)/p+1/b22-19-,23-20-,29-27-,30-28-,36-34-,70-67+. The van der Waals surface area contributed by atoms with Gasteiger partial charge < -0.3 is 19.4 Å². The Balaban J connectivity index is 4.91. The number of carbonyl (C=O) groups excluding carboxylic acids is 2. The zero-order chi connectivity index (χ0) is 64.9. The van der Waals surface area contributed by atoms with Crippen LogP contribution in [0, 0.1) is 0 Å². The number of allylic oxidation sites excluding steroid dienone is 11. The van der Waals surface area contributed by atoms with E-state index >= 15 is 0 Å². The van der Waals surface area contributed by atoms with Crippen LogP contribution in [-0.4, -0.2) is 74.3 Å². The molecule has 0 aromatic heterocycles. The van der Waals surface area contributed by atoms with Gasteiger partial charge in [0, 0.05) is 12.8 Å². The van der Waals surface area contributed by atoms with E-state index in [-0.39, 0.29) is 31.5 Å². The fraction of sp³-hybridized carbons (Fsp3) is 0.823. The van der Waals surface area contributed by atoms with Crippen LogP contribution in [0.4, 0.5) is 0 Å². The SMILES string of the molecule is CCCCC/C=C\C/C=C\C/C=C\CCCCCCCCCCCCCCC(=O)OC(/C=C/CCCCCCCCCCC)C(COP(=O)(O)OCC[N+](C)(C)C)NC(=O)CCCCCCCCCCCCCCCCCCC/C=C\C/C=C\CCCCC. The van der Waals surface area contributed by atoms with Gasteiger partial charge in [-0.3, -0.25) is 18.6 Å². The fourth-order valence-electron chi connectivity index (χ4n) is 11.2. The number of hydrogen-bond donors (Lipinski definition) is 2. The Bertz CT molecular complexity index is 1750. The number of phosphoric acid groups is 1. The number of hydrogen-bond acceptors (Lipinski definition) is 6. The lowest BCUT2D eigenvalue weighted by molar-refractivity contribution is -0.870. The van der Waals surface area contributed by atoms with Gasteiger partial charge in [0.2, 0.25) is 5.91 Å². The first-order valence-electron chi connectivity index (χ1n) is 38.3. The van der Waals surface area contributed by atoms with Crippen LogP contribution in [0.5, 0.6) is 0 Å². The van der Waals surface area contributed by atoms with E-state index in [9.17, 15) is 19.0 Å². The lowest BCUT2D eigenvalue weighted by Crippen LogP contribution is -2.47. The molecule has 10 heteroatoms. The summed E-state index contributed by atoms with van der Waals surface area (Å²) < 4.78 is 30.9. The minimum atomic E-state index is -4.46. The molecule has 1 amide bonds. The van der Waals surface area contributed by atoms with Gasteiger partial charge in [-0.05, 0) is 102 Å². The van der Waals surface area contributed by atoms with Crippen molar-refractivity contribution < 1.29 is 37.3 Å². The molecule has 0 bridgehead atoms. The molecule has 3 unspecified atom stereocenters. The second kappa shape index (κ2) is 68.3. The van der Waals surface area contributed by atoms with Gasteiger partial charge in [0.05, 0.1) is 33.8 Å². The highest BCUT2D eigenvalue weighted by atomic mass is 31.2. The van der Waals surface area contributed by atoms with Gasteiger partial charge in [-0.15, -0.1) is 0 Å². The van der Waals surface area contributed by atoms with E-state index in [1.165, 1.54) is 257 Å². The minimum absolute atomic E-state index is 0.0399. The Morgan fingerprint density at radius 1 is 0.393 bits per heavy atom. The van der Waals surface area contributed by atoms with Gasteiger partial charge in [0.1, 0.15) is 19.3 Å². The van der Waals surface area contributed by atoms with Gasteiger partial charge in [-0.25, -0.2) is 4.57 Å². The lowest BCUT2D eigenvalue weighted by atomic mass is 10.0. The number of phosphoric ester groups is 1. The third-order valence-electron chi connectivity index (χ3n) is 17.1. The van der Waals surface area contributed by atoms with Crippen molar-refractivity contribution in [3.05, 3.63) is 72.9 Å². The molecular weight excluding hydrogens is 1120 g/mol. The highest BCUT2D eigenvalue weighted by molar-refractivity contribution is 7.47. The van der Waals surface area contributed by atoms with Crippen LogP contribution < -0.4 is 5.32 Å². The molecule has 0 aliphatic rings. The summed E-state index contributed by atoms with van der Waals surface area (Å²) in [6.45, 7) is 7.00. The minimum Gasteiger partial charge on any atom is -0.456 e. The molecule has 0 fully saturated rings. The maximum atomic E-state index is 13.6. The van der Waals surface area contributed by atoms with E-state index in [1.54, 1.807) is 0 Å². The van der Waals surface area contributed by atoms with Crippen LogP contribution in [0.25, 0.3) is 0 Å². The van der Waals surface area contributed by atoms with Gasteiger partial charge in [-0.1, -0.05) is 325 Å². The van der Waals surface area contributed by atoms with Gasteiger partial charge in [0.25, 0.3) is 0 Å². The van der Waals surface area contributed by atoms with Crippen LogP contribution in [-0.2, 0) is 27.9 Å². The third-order valence-corrected chi connectivity index (χ3v) is 18.1. The van der Waals surface area contributed by atoms with Crippen LogP contribution in [0.2, 0.25) is 0 Å². The summed E-state index contributed by atoms with van der Waals surface area (Å²) in [5.74, 6) is -0.493. The van der Waals surface area contributed by atoms with Crippen LogP contribution >= 0.6 is 7.82 Å². The Kier molecular flexibility index (Phi) is 66.4. The Morgan fingerprint density at radius 3 is 1.04 bits per heavy atom. The molecule has 3 atom stereocenters. The normalized spacial score (nSPS) is 13.8.